The minimum absolute atomic E-state index is 0.315. The Morgan fingerprint density at radius 2 is 2.13 bits per heavy atom. The van der Waals surface area contributed by atoms with Gasteiger partial charge in [-0.05, 0) is 61.0 Å². The molecule has 0 aliphatic carbocycles. The minimum Gasteiger partial charge on any atom is -0.480 e. The Labute approximate surface area is 148 Å². The number of aliphatic carboxylic acids is 1. The third-order valence-corrected chi connectivity index (χ3v) is 4.07. The van der Waals surface area contributed by atoms with Crippen LogP contribution in [0.25, 0.3) is 0 Å². The quantitative estimate of drug-likeness (QED) is 0.676. The van der Waals surface area contributed by atoms with Crippen molar-refractivity contribution >= 4 is 39.8 Å². The fraction of sp³-hybridized carbons (Fsp3) is 0.533. The molecule has 8 heteroatoms. The van der Waals surface area contributed by atoms with Crippen molar-refractivity contribution < 1.29 is 19.4 Å². The third kappa shape index (κ3) is 8.80. The number of amides is 1. The van der Waals surface area contributed by atoms with Gasteiger partial charge in [-0.25, -0.2) is 9.59 Å². The lowest BCUT2D eigenvalue weighted by Gasteiger charge is -2.21. The first-order valence-electron chi connectivity index (χ1n) is 7.08. The number of carboxylic acid groups (broad SMARTS) is 1. The average Bonchev–Trinajstić information content (AvgIpc) is 2.42. The molecule has 1 heterocycles. The monoisotopic (exact) mass is 404 g/mol. The number of ether oxygens (including phenoxy) is 1. The molecular weight excluding hydrogens is 384 g/mol. The average molecular weight is 405 g/mol. The fourth-order valence-corrected chi connectivity index (χ4v) is 2.74. The normalized spacial score (nSPS) is 12.5. The molecule has 128 valence electrons. The zero-order chi connectivity index (χ0) is 17.5. The summed E-state index contributed by atoms with van der Waals surface area (Å²) in [6.45, 7) is 5.18. The van der Waals surface area contributed by atoms with Gasteiger partial charge in [0.2, 0.25) is 0 Å². The molecule has 23 heavy (non-hydrogen) atoms. The molecule has 1 aromatic rings. The second-order valence-corrected chi connectivity index (χ2v) is 7.87. The molecule has 0 bridgehead atoms. The molecule has 0 spiro atoms. The standard InChI is InChI=1S/C15H21BrN2O4S/c1-15(2,3)22-14(21)18-12(13(19)20)6-7-23-9-11-5-4-10(16)8-17-11/h4-5,8,12H,6-7,9H2,1-3H3,(H,18,21)(H,19,20). The molecule has 1 atom stereocenters. The van der Waals surface area contributed by atoms with Crippen molar-refractivity contribution in [1.29, 1.82) is 0 Å². The predicted octanol–water partition coefficient (Wildman–Crippen LogP) is 3.45. The number of hydrogen-bond donors (Lipinski definition) is 2. The molecule has 1 rings (SSSR count). The number of hydrogen-bond acceptors (Lipinski definition) is 5. The lowest BCUT2D eigenvalue weighted by Crippen LogP contribution is -2.43. The maximum Gasteiger partial charge on any atom is 0.408 e. The summed E-state index contributed by atoms with van der Waals surface area (Å²) in [6, 6.07) is 2.85. The van der Waals surface area contributed by atoms with E-state index in [2.05, 4.69) is 26.2 Å². The van der Waals surface area contributed by atoms with Crippen LogP contribution in [0.3, 0.4) is 0 Å². The number of carboxylic acids is 1. The number of nitrogens with one attached hydrogen (secondary N) is 1. The maximum absolute atomic E-state index is 11.6. The molecule has 2 N–H and O–H groups in total. The van der Waals surface area contributed by atoms with E-state index in [1.165, 1.54) is 0 Å². The molecule has 0 saturated carbocycles. The Balaban J connectivity index is 2.37. The summed E-state index contributed by atoms with van der Waals surface area (Å²) < 4.78 is 5.99. The first-order valence-corrected chi connectivity index (χ1v) is 9.02. The summed E-state index contributed by atoms with van der Waals surface area (Å²) in [6.07, 6.45) is 1.32. The number of carbonyl (C=O) groups is 2. The van der Waals surface area contributed by atoms with Gasteiger partial charge in [0.15, 0.2) is 0 Å². The summed E-state index contributed by atoms with van der Waals surface area (Å²) in [7, 11) is 0. The van der Waals surface area contributed by atoms with Gasteiger partial charge in [0, 0.05) is 16.4 Å². The Kier molecular flexibility index (Phi) is 7.84. The predicted molar refractivity (Wildman–Crippen MR) is 93.5 cm³/mol. The number of rotatable bonds is 7. The topological polar surface area (TPSA) is 88.5 Å². The van der Waals surface area contributed by atoms with Crippen molar-refractivity contribution in [1.82, 2.24) is 10.3 Å². The molecule has 0 aromatic carbocycles. The largest absolute Gasteiger partial charge is 0.480 e. The number of carbonyl (C=O) groups excluding carboxylic acids is 1. The lowest BCUT2D eigenvalue weighted by atomic mass is 10.2. The van der Waals surface area contributed by atoms with Gasteiger partial charge in [0.1, 0.15) is 11.6 Å². The van der Waals surface area contributed by atoms with Gasteiger partial charge >= 0.3 is 12.1 Å². The van der Waals surface area contributed by atoms with Crippen molar-refractivity contribution in [2.75, 3.05) is 5.75 Å². The molecule has 6 nitrogen and oxygen atoms in total. The van der Waals surface area contributed by atoms with Gasteiger partial charge < -0.3 is 15.2 Å². The smallest absolute Gasteiger partial charge is 0.408 e. The first kappa shape index (κ1) is 19.8. The van der Waals surface area contributed by atoms with Crippen LogP contribution in [-0.2, 0) is 15.3 Å². The van der Waals surface area contributed by atoms with E-state index in [9.17, 15) is 14.7 Å². The van der Waals surface area contributed by atoms with Crippen LogP contribution in [-0.4, -0.2) is 39.5 Å². The van der Waals surface area contributed by atoms with Gasteiger partial charge in [0.05, 0.1) is 5.69 Å². The lowest BCUT2D eigenvalue weighted by molar-refractivity contribution is -0.139. The minimum atomic E-state index is -1.07. The first-order chi connectivity index (χ1) is 10.7. The Morgan fingerprint density at radius 3 is 2.65 bits per heavy atom. The van der Waals surface area contributed by atoms with Crippen molar-refractivity contribution in [3.63, 3.8) is 0 Å². The number of aromatic nitrogens is 1. The fourth-order valence-electron chi connectivity index (χ4n) is 1.58. The number of nitrogens with zero attached hydrogens (tertiary/aromatic N) is 1. The van der Waals surface area contributed by atoms with Crippen molar-refractivity contribution in [3.05, 3.63) is 28.5 Å². The van der Waals surface area contributed by atoms with E-state index in [0.29, 0.717) is 17.9 Å². The second-order valence-electron chi connectivity index (χ2n) is 5.85. The Hall–Kier alpha value is -1.28. The van der Waals surface area contributed by atoms with Crippen LogP contribution in [0.2, 0.25) is 0 Å². The molecule has 1 amide bonds. The highest BCUT2D eigenvalue weighted by molar-refractivity contribution is 9.10. The maximum atomic E-state index is 11.6. The van der Waals surface area contributed by atoms with Crippen LogP contribution in [0, 0.1) is 0 Å². The summed E-state index contributed by atoms with van der Waals surface area (Å²) in [5.41, 5.74) is 0.264. The number of pyridine rings is 1. The number of halogens is 1. The summed E-state index contributed by atoms with van der Waals surface area (Å²) in [5.74, 6) is 0.203. The molecule has 0 aliphatic heterocycles. The van der Waals surface area contributed by atoms with Crippen LogP contribution in [0.5, 0.6) is 0 Å². The summed E-state index contributed by atoms with van der Waals surface area (Å²) >= 11 is 4.88. The van der Waals surface area contributed by atoms with Gasteiger partial charge in [-0.1, -0.05) is 0 Å². The summed E-state index contributed by atoms with van der Waals surface area (Å²) in [4.78, 5) is 27.1. The van der Waals surface area contributed by atoms with Crippen LogP contribution >= 0.6 is 27.7 Å². The van der Waals surface area contributed by atoms with Crippen LogP contribution in [0.15, 0.2) is 22.8 Å². The van der Waals surface area contributed by atoms with E-state index < -0.39 is 23.7 Å². The van der Waals surface area contributed by atoms with Gasteiger partial charge in [-0.2, -0.15) is 11.8 Å². The zero-order valence-electron chi connectivity index (χ0n) is 13.3. The van der Waals surface area contributed by atoms with E-state index in [0.717, 1.165) is 10.2 Å². The van der Waals surface area contributed by atoms with Crippen LogP contribution in [0.4, 0.5) is 4.79 Å². The second kappa shape index (κ2) is 9.12. The highest BCUT2D eigenvalue weighted by Crippen LogP contribution is 2.15. The van der Waals surface area contributed by atoms with Gasteiger partial charge in [-0.15, -0.1) is 0 Å². The van der Waals surface area contributed by atoms with Crippen LogP contribution in [0.1, 0.15) is 32.9 Å². The van der Waals surface area contributed by atoms with Gasteiger partial charge in [0.25, 0.3) is 0 Å². The van der Waals surface area contributed by atoms with Crippen molar-refractivity contribution in [2.24, 2.45) is 0 Å². The van der Waals surface area contributed by atoms with E-state index >= 15 is 0 Å². The number of alkyl carbamates (subject to hydrolysis) is 1. The van der Waals surface area contributed by atoms with E-state index in [-0.39, 0.29) is 0 Å². The van der Waals surface area contributed by atoms with Gasteiger partial charge in [-0.3, -0.25) is 4.98 Å². The molecule has 0 fully saturated rings. The number of thioether (sulfide) groups is 1. The van der Waals surface area contributed by atoms with E-state index in [1.807, 2.05) is 12.1 Å². The molecule has 1 unspecified atom stereocenters. The van der Waals surface area contributed by atoms with E-state index in [1.54, 1.807) is 38.7 Å². The van der Waals surface area contributed by atoms with Crippen LogP contribution < -0.4 is 5.32 Å². The molecule has 0 saturated heterocycles. The SMILES string of the molecule is CC(C)(C)OC(=O)NC(CCSCc1ccc(Br)cn1)C(=O)O. The third-order valence-electron chi connectivity index (χ3n) is 2.58. The highest BCUT2D eigenvalue weighted by atomic mass is 79.9. The van der Waals surface area contributed by atoms with E-state index in [4.69, 9.17) is 4.74 Å². The molecule has 0 aliphatic rings. The zero-order valence-corrected chi connectivity index (χ0v) is 15.7. The highest BCUT2D eigenvalue weighted by Gasteiger charge is 2.23. The molecule has 0 radical (unpaired) electrons. The summed E-state index contributed by atoms with van der Waals surface area (Å²) in [5, 5.41) is 11.6. The van der Waals surface area contributed by atoms with Crippen molar-refractivity contribution in [3.8, 4) is 0 Å². The van der Waals surface area contributed by atoms with Crippen molar-refractivity contribution in [2.45, 2.75) is 44.6 Å². The Morgan fingerprint density at radius 1 is 1.43 bits per heavy atom. The molecular formula is C15H21BrN2O4S. The molecule has 1 aromatic heterocycles. The Bertz CT molecular complexity index is 531.